The highest BCUT2D eigenvalue weighted by atomic mass is 31.1. The second-order valence-corrected chi connectivity index (χ2v) is 1.81. The van der Waals surface area contributed by atoms with Crippen molar-refractivity contribution in [1.29, 1.82) is 0 Å². The zero-order valence-electron chi connectivity index (χ0n) is 4.87. The van der Waals surface area contributed by atoms with Gasteiger partial charge in [-0.3, -0.25) is 9.32 Å². The van der Waals surface area contributed by atoms with E-state index in [0.29, 0.717) is 0 Å². The van der Waals surface area contributed by atoms with Crippen molar-refractivity contribution in [2.75, 3.05) is 13.2 Å². The van der Waals surface area contributed by atoms with Crippen molar-refractivity contribution in [3.05, 3.63) is 0 Å². The molecule has 0 bridgehead atoms. The van der Waals surface area contributed by atoms with Crippen LogP contribution in [-0.2, 0) is 13.9 Å². The molecule has 0 aliphatic rings. The van der Waals surface area contributed by atoms with Gasteiger partial charge in [-0.25, -0.2) is 4.57 Å². The van der Waals surface area contributed by atoms with Crippen molar-refractivity contribution in [2.24, 2.45) is 5.73 Å². The minimum atomic E-state index is -0.387. The number of carbonyl (C=O) groups excluding carboxylic acids is 1. The molecular weight excluding hydrogens is 141 g/mol. The minimum Gasteiger partial charge on any atom is -0.324 e. The predicted octanol–water partition coefficient (Wildman–Crippen LogP) is 0.128. The summed E-state index contributed by atoms with van der Waals surface area (Å²) in [5.74, 6) is -0.0846. The van der Waals surface area contributed by atoms with Gasteiger partial charge in [0.2, 0.25) is 0 Å². The van der Waals surface area contributed by atoms with Gasteiger partial charge < -0.3 is 5.73 Å². The molecule has 0 spiro atoms. The number of rotatable bonds is 5. The largest absolute Gasteiger partial charge is 0.327 e. The summed E-state index contributed by atoms with van der Waals surface area (Å²) in [6, 6.07) is 0. The summed E-state index contributed by atoms with van der Waals surface area (Å²) in [4.78, 5) is 10.4. The molecule has 0 aromatic carbocycles. The summed E-state index contributed by atoms with van der Waals surface area (Å²) in [5, 5.41) is 0. The second kappa shape index (κ2) is 5.82. The first-order chi connectivity index (χ1) is 4.31. The normalized spacial score (nSPS) is 9.89. The second-order valence-electron chi connectivity index (χ2n) is 1.40. The van der Waals surface area contributed by atoms with Crippen LogP contribution in [0.25, 0.3) is 0 Å². The smallest absolute Gasteiger partial charge is 0.324 e. The molecule has 0 amide bonds. The summed E-state index contributed by atoms with van der Waals surface area (Å²) < 4.78 is 14.0. The Morgan fingerprint density at radius 3 is 2.78 bits per heavy atom. The van der Waals surface area contributed by atoms with Gasteiger partial charge in [0.15, 0.2) is 0 Å². The lowest BCUT2D eigenvalue weighted by Crippen LogP contribution is -2.14. The van der Waals surface area contributed by atoms with Crippen molar-refractivity contribution in [3.63, 3.8) is 0 Å². The maximum atomic E-state index is 10.4. The third-order valence-corrected chi connectivity index (χ3v) is 1.04. The number of nitrogens with two attached hydrogens (primary N) is 1. The fourth-order valence-electron chi connectivity index (χ4n) is 0.299. The van der Waals surface area contributed by atoms with Crippen molar-refractivity contribution in [1.82, 2.24) is 0 Å². The summed E-state index contributed by atoms with van der Waals surface area (Å²) in [6.45, 7) is 0.209. The quantitative estimate of drug-likeness (QED) is 0.445. The van der Waals surface area contributed by atoms with Crippen LogP contribution in [0.4, 0.5) is 0 Å². The molecule has 0 aliphatic carbocycles. The molecule has 0 fully saturated rings. The average Bonchev–Trinajstić information content (AvgIpc) is 1.89. The molecule has 0 atom stereocenters. The van der Waals surface area contributed by atoms with E-state index in [4.69, 9.17) is 5.73 Å². The summed E-state index contributed by atoms with van der Waals surface area (Å²) >= 11 is 0. The van der Waals surface area contributed by atoms with E-state index in [9.17, 15) is 9.36 Å². The summed E-state index contributed by atoms with van der Waals surface area (Å²) in [6.07, 6.45) is 0.242. The SMILES string of the molecule is NCC(=O)CCOP=O. The lowest BCUT2D eigenvalue weighted by Gasteiger charge is -1.91. The Bertz CT molecular complexity index is 106. The molecule has 5 heteroatoms. The molecule has 9 heavy (non-hydrogen) atoms. The highest BCUT2D eigenvalue weighted by Crippen LogP contribution is 1.94. The molecule has 4 nitrogen and oxygen atoms in total. The van der Waals surface area contributed by atoms with E-state index >= 15 is 0 Å². The zero-order chi connectivity index (χ0) is 7.11. The highest BCUT2D eigenvalue weighted by Gasteiger charge is 1.96. The molecule has 0 saturated carbocycles. The standard InChI is InChI=1S/C4H8NO3P/c5-3-4(6)1-2-8-9-7/h1-3,5H2. The molecule has 2 N–H and O–H groups in total. The van der Waals surface area contributed by atoms with Crippen LogP contribution >= 0.6 is 8.69 Å². The Morgan fingerprint density at radius 2 is 2.33 bits per heavy atom. The zero-order valence-corrected chi connectivity index (χ0v) is 5.77. The van der Waals surface area contributed by atoms with Gasteiger partial charge >= 0.3 is 8.69 Å². The van der Waals surface area contributed by atoms with E-state index in [-0.39, 0.29) is 34.0 Å². The van der Waals surface area contributed by atoms with Gasteiger partial charge in [0.05, 0.1) is 13.2 Å². The van der Waals surface area contributed by atoms with Gasteiger partial charge in [-0.05, 0) is 0 Å². The van der Waals surface area contributed by atoms with E-state index < -0.39 is 0 Å². The molecule has 0 unspecified atom stereocenters. The minimum absolute atomic E-state index is 0.0269. The van der Waals surface area contributed by atoms with E-state index in [1.165, 1.54) is 0 Å². The molecule has 0 aromatic rings. The molecule has 0 rings (SSSR count). The Labute approximate surface area is 54.7 Å². The summed E-state index contributed by atoms with van der Waals surface area (Å²) in [7, 11) is -0.387. The lowest BCUT2D eigenvalue weighted by molar-refractivity contribution is -0.118. The molecule has 0 aromatic heterocycles. The summed E-state index contributed by atoms with van der Waals surface area (Å²) in [5.41, 5.74) is 4.97. The van der Waals surface area contributed by atoms with Crippen LogP contribution in [-0.4, -0.2) is 18.9 Å². The van der Waals surface area contributed by atoms with Gasteiger partial charge in [-0.2, -0.15) is 0 Å². The monoisotopic (exact) mass is 149 g/mol. The van der Waals surface area contributed by atoms with Crippen LogP contribution in [0.3, 0.4) is 0 Å². The number of hydrogen-bond donors (Lipinski definition) is 1. The van der Waals surface area contributed by atoms with Crippen molar-refractivity contribution >= 4 is 14.5 Å². The first kappa shape index (κ1) is 8.69. The third-order valence-electron chi connectivity index (χ3n) is 0.753. The molecule has 0 heterocycles. The Morgan fingerprint density at radius 1 is 1.67 bits per heavy atom. The van der Waals surface area contributed by atoms with Gasteiger partial charge in [0.25, 0.3) is 0 Å². The highest BCUT2D eigenvalue weighted by molar-refractivity contribution is 7.17. The van der Waals surface area contributed by atoms with E-state index in [1.54, 1.807) is 0 Å². The van der Waals surface area contributed by atoms with E-state index in [2.05, 4.69) is 4.52 Å². The molecular formula is C4H8NO3P. The number of hydrogen-bond acceptors (Lipinski definition) is 4. The van der Waals surface area contributed by atoms with Crippen LogP contribution in [0, 0.1) is 0 Å². The average molecular weight is 149 g/mol. The first-order valence-corrected chi connectivity index (χ1v) is 3.20. The number of ketones is 1. The Balaban J connectivity index is 3.06. The fraction of sp³-hybridized carbons (Fsp3) is 0.750. The lowest BCUT2D eigenvalue weighted by atomic mass is 10.3. The first-order valence-electron chi connectivity index (χ1n) is 2.47. The van der Waals surface area contributed by atoms with Crippen LogP contribution in [0.2, 0.25) is 0 Å². The maximum Gasteiger partial charge on any atom is 0.327 e. The molecule has 0 aliphatic heterocycles. The van der Waals surface area contributed by atoms with Gasteiger partial charge in [-0.1, -0.05) is 0 Å². The van der Waals surface area contributed by atoms with Crippen LogP contribution < -0.4 is 5.73 Å². The molecule has 0 saturated heterocycles. The van der Waals surface area contributed by atoms with Gasteiger partial charge in [-0.15, -0.1) is 0 Å². The van der Waals surface area contributed by atoms with Crippen LogP contribution in [0.5, 0.6) is 0 Å². The topological polar surface area (TPSA) is 69.4 Å². The number of Topliss-reactive ketones (excluding diaryl/α,β-unsaturated/α-hetero) is 1. The van der Waals surface area contributed by atoms with E-state index in [1.807, 2.05) is 0 Å². The van der Waals surface area contributed by atoms with Crippen molar-refractivity contribution in [3.8, 4) is 0 Å². The number of carbonyl (C=O) groups is 1. The van der Waals surface area contributed by atoms with Crippen molar-refractivity contribution < 1.29 is 13.9 Å². The fourth-order valence-corrected chi connectivity index (χ4v) is 0.465. The predicted molar refractivity (Wildman–Crippen MR) is 32.2 cm³/mol. The molecule has 52 valence electrons. The van der Waals surface area contributed by atoms with Crippen LogP contribution in [0.15, 0.2) is 0 Å². The van der Waals surface area contributed by atoms with Crippen LogP contribution in [0.1, 0.15) is 6.42 Å². The third kappa shape index (κ3) is 5.56. The Hall–Kier alpha value is -0.310. The Kier molecular flexibility index (Phi) is 5.62. The van der Waals surface area contributed by atoms with Crippen molar-refractivity contribution in [2.45, 2.75) is 6.42 Å². The van der Waals surface area contributed by atoms with Gasteiger partial charge in [0.1, 0.15) is 5.78 Å². The molecule has 0 radical (unpaired) electrons. The maximum absolute atomic E-state index is 10.4. The van der Waals surface area contributed by atoms with E-state index in [0.717, 1.165) is 0 Å². The van der Waals surface area contributed by atoms with Gasteiger partial charge in [0, 0.05) is 6.42 Å².